The zero-order chi connectivity index (χ0) is 12.1. The average molecular weight is 246 g/mol. The third kappa shape index (κ3) is 3.41. The standard InChI is InChI=1S/C9H14N2O4S/c1-2-3-5(8(13)14)10-7(12)6-4-16-9(15)11-6/h5-6H,2-4H2,1H3,(H,10,12)(H,11,15)(H,13,14)/t5-,6?/m1/s1. The minimum absolute atomic E-state index is 0.248. The summed E-state index contributed by atoms with van der Waals surface area (Å²) < 4.78 is 0. The number of amides is 2. The highest BCUT2D eigenvalue weighted by atomic mass is 32.2. The molecule has 1 aliphatic heterocycles. The lowest BCUT2D eigenvalue weighted by Gasteiger charge is -2.16. The van der Waals surface area contributed by atoms with Crippen molar-refractivity contribution >= 4 is 28.9 Å². The molecule has 1 heterocycles. The van der Waals surface area contributed by atoms with Gasteiger partial charge < -0.3 is 15.7 Å². The molecule has 1 unspecified atom stereocenters. The average Bonchev–Trinajstić information content (AvgIpc) is 2.64. The van der Waals surface area contributed by atoms with Gasteiger partial charge in [-0.1, -0.05) is 25.1 Å². The maximum absolute atomic E-state index is 11.6. The number of thioether (sulfide) groups is 1. The highest BCUT2D eigenvalue weighted by Crippen LogP contribution is 2.13. The first-order valence-electron chi connectivity index (χ1n) is 5.01. The summed E-state index contributed by atoms with van der Waals surface area (Å²) in [6, 6.07) is -1.49. The Balaban J connectivity index is 2.48. The molecule has 90 valence electrons. The molecule has 0 saturated carbocycles. The van der Waals surface area contributed by atoms with Gasteiger partial charge in [0.2, 0.25) is 5.91 Å². The molecule has 7 heteroatoms. The van der Waals surface area contributed by atoms with Gasteiger partial charge in [-0.05, 0) is 6.42 Å². The van der Waals surface area contributed by atoms with Gasteiger partial charge in [0.15, 0.2) is 0 Å². The summed E-state index contributed by atoms with van der Waals surface area (Å²) in [7, 11) is 0. The summed E-state index contributed by atoms with van der Waals surface area (Å²) in [5, 5.41) is 13.5. The van der Waals surface area contributed by atoms with Crippen molar-refractivity contribution in [3.63, 3.8) is 0 Å². The van der Waals surface area contributed by atoms with E-state index in [0.29, 0.717) is 18.6 Å². The normalized spacial score (nSPS) is 21.3. The van der Waals surface area contributed by atoms with E-state index in [1.54, 1.807) is 0 Å². The van der Waals surface area contributed by atoms with Crippen molar-refractivity contribution in [3.05, 3.63) is 0 Å². The fourth-order valence-electron chi connectivity index (χ4n) is 1.34. The Kier molecular flexibility index (Phi) is 4.60. The molecule has 0 aromatic carbocycles. The van der Waals surface area contributed by atoms with Crippen LogP contribution in [0.3, 0.4) is 0 Å². The lowest BCUT2D eigenvalue weighted by atomic mass is 10.1. The Bertz CT molecular complexity index is 308. The van der Waals surface area contributed by atoms with Crippen molar-refractivity contribution in [1.82, 2.24) is 10.6 Å². The lowest BCUT2D eigenvalue weighted by Crippen LogP contribution is -2.49. The summed E-state index contributed by atoms with van der Waals surface area (Å²) in [5.41, 5.74) is 0. The number of carboxylic acids is 1. The monoisotopic (exact) mass is 246 g/mol. The first kappa shape index (κ1) is 12.8. The molecule has 1 fully saturated rings. The molecule has 6 nitrogen and oxygen atoms in total. The number of hydrogen-bond acceptors (Lipinski definition) is 4. The van der Waals surface area contributed by atoms with E-state index >= 15 is 0 Å². The summed E-state index contributed by atoms with van der Waals surface area (Å²) >= 11 is 1.02. The Morgan fingerprint density at radius 2 is 2.38 bits per heavy atom. The topological polar surface area (TPSA) is 95.5 Å². The molecule has 0 bridgehead atoms. The van der Waals surface area contributed by atoms with Gasteiger partial charge in [0.05, 0.1) is 0 Å². The predicted octanol–water partition coefficient (Wildman–Crippen LogP) is 0.181. The molecular formula is C9H14N2O4S. The van der Waals surface area contributed by atoms with Gasteiger partial charge in [-0.15, -0.1) is 0 Å². The second-order valence-corrected chi connectivity index (χ2v) is 4.48. The number of hydrogen-bond donors (Lipinski definition) is 3. The number of carboxylic acid groups (broad SMARTS) is 1. The van der Waals surface area contributed by atoms with E-state index < -0.39 is 24.0 Å². The van der Waals surface area contributed by atoms with E-state index in [9.17, 15) is 14.4 Å². The van der Waals surface area contributed by atoms with Crippen LogP contribution in [0.2, 0.25) is 0 Å². The number of rotatable bonds is 5. The fraction of sp³-hybridized carbons (Fsp3) is 0.667. The summed E-state index contributed by atoms with van der Waals surface area (Å²) in [5.74, 6) is -1.13. The largest absolute Gasteiger partial charge is 0.480 e. The fourth-order valence-corrected chi connectivity index (χ4v) is 2.12. The van der Waals surface area contributed by atoms with E-state index in [4.69, 9.17) is 5.11 Å². The second kappa shape index (κ2) is 5.74. The lowest BCUT2D eigenvalue weighted by molar-refractivity contribution is -0.142. The predicted molar refractivity (Wildman–Crippen MR) is 59.3 cm³/mol. The van der Waals surface area contributed by atoms with E-state index in [1.807, 2.05) is 6.92 Å². The van der Waals surface area contributed by atoms with Crippen molar-refractivity contribution in [3.8, 4) is 0 Å². The highest BCUT2D eigenvalue weighted by Gasteiger charge is 2.30. The van der Waals surface area contributed by atoms with Crippen LogP contribution in [0.15, 0.2) is 0 Å². The van der Waals surface area contributed by atoms with E-state index in [-0.39, 0.29) is 5.24 Å². The molecule has 1 aliphatic rings. The highest BCUT2D eigenvalue weighted by molar-refractivity contribution is 8.14. The minimum atomic E-state index is -1.05. The van der Waals surface area contributed by atoms with Crippen LogP contribution in [0, 0.1) is 0 Å². The van der Waals surface area contributed by atoms with E-state index in [0.717, 1.165) is 11.8 Å². The van der Waals surface area contributed by atoms with Crippen molar-refractivity contribution < 1.29 is 19.5 Å². The van der Waals surface area contributed by atoms with Gasteiger partial charge in [0, 0.05) is 5.75 Å². The molecular weight excluding hydrogens is 232 g/mol. The number of carbonyl (C=O) groups excluding carboxylic acids is 2. The van der Waals surface area contributed by atoms with Gasteiger partial charge in [0.25, 0.3) is 5.24 Å². The van der Waals surface area contributed by atoms with Crippen LogP contribution in [0.4, 0.5) is 4.79 Å². The Labute approximate surface area is 97.2 Å². The van der Waals surface area contributed by atoms with Crippen LogP contribution in [-0.2, 0) is 9.59 Å². The number of carbonyl (C=O) groups is 3. The molecule has 0 spiro atoms. The molecule has 3 N–H and O–H groups in total. The van der Waals surface area contributed by atoms with Crippen molar-refractivity contribution in [2.45, 2.75) is 31.8 Å². The van der Waals surface area contributed by atoms with Crippen LogP contribution in [0.25, 0.3) is 0 Å². The third-order valence-corrected chi connectivity index (χ3v) is 3.06. The molecule has 0 aromatic heterocycles. The van der Waals surface area contributed by atoms with Crippen molar-refractivity contribution in [1.29, 1.82) is 0 Å². The smallest absolute Gasteiger partial charge is 0.326 e. The van der Waals surface area contributed by atoms with Crippen LogP contribution >= 0.6 is 11.8 Å². The molecule has 2 atom stereocenters. The number of nitrogens with one attached hydrogen (secondary N) is 2. The van der Waals surface area contributed by atoms with Crippen LogP contribution < -0.4 is 10.6 Å². The van der Waals surface area contributed by atoms with E-state index in [1.165, 1.54) is 0 Å². The Hall–Kier alpha value is -1.24. The summed E-state index contributed by atoms with van der Waals surface area (Å²) in [6.07, 6.45) is 1.05. The van der Waals surface area contributed by atoms with Gasteiger partial charge in [-0.3, -0.25) is 9.59 Å². The van der Waals surface area contributed by atoms with Crippen LogP contribution in [-0.4, -0.2) is 40.1 Å². The quantitative estimate of drug-likeness (QED) is 0.643. The zero-order valence-electron chi connectivity index (χ0n) is 8.86. The molecule has 1 saturated heterocycles. The summed E-state index contributed by atoms with van der Waals surface area (Å²) in [4.78, 5) is 33.2. The molecule has 16 heavy (non-hydrogen) atoms. The van der Waals surface area contributed by atoms with Gasteiger partial charge >= 0.3 is 5.97 Å². The first-order valence-corrected chi connectivity index (χ1v) is 5.99. The molecule has 1 rings (SSSR count). The Morgan fingerprint density at radius 1 is 1.69 bits per heavy atom. The van der Waals surface area contributed by atoms with Gasteiger partial charge in [-0.25, -0.2) is 4.79 Å². The molecule has 0 aromatic rings. The third-order valence-electron chi connectivity index (χ3n) is 2.18. The SMILES string of the molecule is CCC[C@@H](NC(=O)C1CSC(=O)N1)C(=O)O. The van der Waals surface area contributed by atoms with E-state index in [2.05, 4.69) is 10.6 Å². The van der Waals surface area contributed by atoms with Crippen molar-refractivity contribution in [2.24, 2.45) is 0 Å². The van der Waals surface area contributed by atoms with Gasteiger partial charge in [-0.2, -0.15) is 0 Å². The first-order chi connectivity index (χ1) is 7.54. The Morgan fingerprint density at radius 3 is 2.81 bits per heavy atom. The van der Waals surface area contributed by atoms with Crippen LogP contribution in [0.1, 0.15) is 19.8 Å². The van der Waals surface area contributed by atoms with Gasteiger partial charge in [0.1, 0.15) is 12.1 Å². The van der Waals surface area contributed by atoms with Crippen molar-refractivity contribution in [2.75, 3.05) is 5.75 Å². The second-order valence-electron chi connectivity index (χ2n) is 3.48. The minimum Gasteiger partial charge on any atom is -0.480 e. The maximum Gasteiger partial charge on any atom is 0.326 e. The molecule has 0 aliphatic carbocycles. The molecule has 0 radical (unpaired) electrons. The number of aliphatic carboxylic acids is 1. The zero-order valence-corrected chi connectivity index (χ0v) is 9.67. The van der Waals surface area contributed by atoms with Crippen LogP contribution in [0.5, 0.6) is 0 Å². The maximum atomic E-state index is 11.6. The molecule has 2 amide bonds. The summed E-state index contributed by atoms with van der Waals surface area (Å²) in [6.45, 7) is 1.84.